The molecular formula is C30H34O4S. The van der Waals surface area contributed by atoms with Gasteiger partial charge in [-0.05, 0) is 66.3 Å². The summed E-state index contributed by atoms with van der Waals surface area (Å²) in [5.41, 5.74) is 7.96. The minimum Gasteiger partial charge on any atom is -0.497 e. The van der Waals surface area contributed by atoms with E-state index in [1.54, 1.807) is 14.0 Å². The van der Waals surface area contributed by atoms with E-state index in [0.717, 1.165) is 22.4 Å². The number of ketones is 1. The maximum absolute atomic E-state index is 12.7. The topological polar surface area (TPSA) is 52.6 Å². The zero-order valence-electron chi connectivity index (χ0n) is 21.4. The third kappa shape index (κ3) is 6.55. The van der Waals surface area contributed by atoms with Crippen molar-refractivity contribution in [2.24, 2.45) is 5.92 Å². The molecule has 35 heavy (non-hydrogen) atoms. The van der Waals surface area contributed by atoms with Crippen LogP contribution in [0.15, 0.2) is 60.7 Å². The minimum atomic E-state index is -0.837. The van der Waals surface area contributed by atoms with E-state index in [0.29, 0.717) is 5.75 Å². The summed E-state index contributed by atoms with van der Waals surface area (Å²) in [5, 5.41) is -0.837. The van der Waals surface area contributed by atoms with E-state index in [2.05, 4.69) is 56.3 Å². The van der Waals surface area contributed by atoms with Crippen molar-refractivity contribution < 1.29 is 19.1 Å². The Labute approximate surface area is 213 Å². The number of thioether (sulfide) groups is 1. The second kappa shape index (κ2) is 12.1. The summed E-state index contributed by atoms with van der Waals surface area (Å²) in [4.78, 5) is 25.2. The van der Waals surface area contributed by atoms with Crippen LogP contribution in [0.1, 0.15) is 37.5 Å². The number of esters is 1. The van der Waals surface area contributed by atoms with E-state index in [1.165, 1.54) is 34.0 Å². The van der Waals surface area contributed by atoms with E-state index in [9.17, 15) is 9.59 Å². The summed E-state index contributed by atoms with van der Waals surface area (Å²) in [7, 11) is 1.65. The van der Waals surface area contributed by atoms with Crippen LogP contribution in [0.2, 0.25) is 0 Å². The van der Waals surface area contributed by atoms with Crippen molar-refractivity contribution in [3.05, 3.63) is 77.4 Å². The molecule has 0 fully saturated rings. The lowest BCUT2D eigenvalue weighted by atomic mass is 9.95. The van der Waals surface area contributed by atoms with Gasteiger partial charge in [0.1, 0.15) is 5.75 Å². The van der Waals surface area contributed by atoms with Gasteiger partial charge in [-0.1, -0.05) is 67.9 Å². The number of methoxy groups -OCH3 is 1. The first-order valence-electron chi connectivity index (χ1n) is 11.9. The molecule has 0 spiro atoms. The number of carbonyl (C=O) groups excluding carboxylic acids is 2. The van der Waals surface area contributed by atoms with Crippen molar-refractivity contribution in [2.45, 2.75) is 45.6 Å². The third-order valence-corrected chi connectivity index (χ3v) is 7.19. The molecule has 0 radical (unpaired) electrons. The SMILES string of the molecule is CCOC(=O)C(SCc1ccc(OC)cc1-c1ccc(-c2cc(C)ccc2C)cc1)C(=O)C(C)C. The third-order valence-electron chi connectivity index (χ3n) is 5.95. The molecule has 3 aromatic rings. The number of Topliss-reactive ketones (excluding diaryl/α,β-unsaturated/α-hetero) is 1. The Morgan fingerprint density at radius 1 is 0.886 bits per heavy atom. The van der Waals surface area contributed by atoms with Gasteiger partial charge in [-0.3, -0.25) is 9.59 Å². The number of benzene rings is 3. The van der Waals surface area contributed by atoms with Gasteiger partial charge in [-0.15, -0.1) is 11.8 Å². The summed E-state index contributed by atoms with van der Waals surface area (Å²) in [6.07, 6.45) is 0. The average molecular weight is 491 g/mol. The molecule has 184 valence electrons. The van der Waals surface area contributed by atoms with Crippen LogP contribution in [-0.4, -0.2) is 30.7 Å². The molecule has 0 aliphatic rings. The predicted molar refractivity (Wildman–Crippen MR) is 145 cm³/mol. The standard InChI is InChI=1S/C30H34O4S/c1-7-34-30(32)29(28(31)19(2)3)35-18-24-14-15-25(33-6)17-27(24)23-12-10-22(11-13-23)26-16-20(4)8-9-21(26)5/h8-17,19,29H,7,18H2,1-6H3. The van der Waals surface area contributed by atoms with Crippen LogP contribution in [0.5, 0.6) is 5.75 Å². The molecule has 0 amide bonds. The van der Waals surface area contributed by atoms with Crippen molar-refractivity contribution in [2.75, 3.05) is 13.7 Å². The van der Waals surface area contributed by atoms with Crippen molar-refractivity contribution in [3.63, 3.8) is 0 Å². The number of ether oxygens (including phenoxy) is 2. The van der Waals surface area contributed by atoms with Gasteiger partial charge < -0.3 is 9.47 Å². The lowest BCUT2D eigenvalue weighted by Crippen LogP contribution is -2.32. The van der Waals surface area contributed by atoms with Gasteiger partial charge in [-0.25, -0.2) is 0 Å². The number of hydrogen-bond donors (Lipinski definition) is 0. The second-order valence-corrected chi connectivity index (χ2v) is 10.0. The highest BCUT2D eigenvalue weighted by atomic mass is 32.2. The van der Waals surface area contributed by atoms with Crippen molar-refractivity contribution in [1.29, 1.82) is 0 Å². The van der Waals surface area contributed by atoms with Crippen molar-refractivity contribution >= 4 is 23.5 Å². The van der Waals surface area contributed by atoms with Gasteiger partial charge in [0.05, 0.1) is 13.7 Å². The highest BCUT2D eigenvalue weighted by Gasteiger charge is 2.30. The Kier molecular flexibility index (Phi) is 9.16. The van der Waals surface area contributed by atoms with Crippen LogP contribution >= 0.6 is 11.8 Å². The monoisotopic (exact) mass is 490 g/mol. The maximum atomic E-state index is 12.7. The normalized spacial score (nSPS) is 11.9. The molecule has 3 rings (SSSR count). The zero-order valence-corrected chi connectivity index (χ0v) is 22.2. The molecule has 1 unspecified atom stereocenters. The lowest BCUT2D eigenvalue weighted by molar-refractivity contribution is -0.145. The summed E-state index contributed by atoms with van der Waals surface area (Å²) in [5.74, 6) is 0.433. The van der Waals surface area contributed by atoms with Crippen LogP contribution in [0.3, 0.4) is 0 Å². The maximum Gasteiger partial charge on any atom is 0.326 e. The van der Waals surface area contributed by atoms with Crippen LogP contribution < -0.4 is 4.74 Å². The van der Waals surface area contributed by atoms with Gasteiger partial charge in [0.2, 0.25) is 0 Å². The number of carbonyl (C=O) groups is 2. The number of hydrogen-bond acceptors (Lipinski definition) is 5. The molecule has 4 nitrogen and oxygen atoms in total. The molecule has 5 heteroatoms. The molecule has 0 N–H and O–H groups in total. The van der Waals surface area contributed by atoms with Crippen LogP contribution in [0.4, 0.5) is 0 Å². The largest absolute Gasteiger partial charge is 0.497 e. The van der Waals surface area contributed by atoms with Crippen LogP contribution in [0, 0.1) is 19.8 Å². The average Bonchev–Trinajstić information content (AvgIpc) is 2.85. The smallest absolute Gasteiger partial charge is 0.326 e. The Hall–Kier alpha value is -3.05. The van der Waals surface area contributed by atoms with Gasteiger partial charge in [0.25, 0.3) is 0 Å². The lowest BCUT2D eigenvalue weighted by Gasteiger charge is -2.18. The van der Waals surface area contributed by atoms with Gasteiger partial charge in [-0.2, -0.15) is 0 Å². The summed E-state index contributed by atoms with van der Waals surface area (Å²) in [6, 6.07) is 20.9. The second-order valence-electron chi connectivity index (χ2n) is 8.92. The highest BCUT2D eigenvalue weighted by Crippen LogP contribution is 2.34. The Morgan fingerprint density at radius 3 is 2.14 bits per heavy atom. The molecule has 0 aliphatic heterocycles. The highest BCUT2D eigenvalue weighted by molar-refractivity contribution is 8.00. The van der Waals surface area contributed by atoms with Crippen LogP contribution in [0.25, 0.3) is 22.3 Å². The van der Waals surface area contributed by atoms with Crippen LogP contribution in [-0.2, 0) is 20.1 Å². The minimum absolute atomic E-state index is 0.110. The fourth-order valence-electron chi connectivity index (χ4n) is 3.91. The van der Waals surface area contributed by atoms with E-state index in [-0.39, 0.29) is 18.3 Å². The van der Waals surface area contributed by atoms with E-state index in [4.69, 9.17) is 9.47 Å². The molecule has 0 saturated heterocycles. The van der Waals surface area contributed by atoms with Gasteiger partial charge >= 0.3 is 5.97 Å². The first-order valence-corrected chi connectivity index (χ1v) is 13.0. The fourth-order valence-corrected chi connectivity index (χ4v) is 5.15. The summed E-state index contributed by atoms with van der Waals surface area (Å²) < 4.78 is 10.7. The van der Waals surface area contributed by atoms with E-state index in [1.807, 2.05) is 32.0 Å². The van der Waals surface area contributed by atoms with Crippen molar-refractivity contribution in [1.82, 2.24) is 0 Å². The molecule has 0 aromatic heterocycles. The van der Waals surface area contributed by atoms with Gasteiger partial charge in [0, 0.05) is 11.7 Å². The first-order chi connectivity index (χ1) is 16.7. The zero-order chi connectivity index (χ0) is 25.5. The molecule has 0 saturated carbocycles. The molecule has 0 bridgehead atoms. The molecule has 0 aliphatic carbocycles. The Morgan fingerprint density at radius 2 is 1.54 bits per heavy atom. The first kappa shape index (κ1) is 26.6. The molecule has 3 aromatic carbocycles. The number of aryl methyl sites for hydroxylation is 2. The van der Waals surface area contributed by atoms with E-state index >= 15 is 0 Å². The Balaban J connectivity index is 1.92. The fraction of sp³-hybridized carbons (Fsp3) is 0.333. The van der Waals surface area contributed by atoms with Gasteiger partial charge in [0.15, 0.2) is 11.0 Å². The molecular weight excluding hydrogens is 456 g/mol. The molecule has 1 atom stereocenters. The summed E-state index contributed by atoms with van der Waals surface area (Å²) >= 11 is 1.32. The number of rotatable bonds is 10. The van der Waals surface area contributed by atoms with Crippen molar-refractivity contribution in [3.8, 4) is 28.0 Å². The quantitative estimate of drug-likeness (QED) is 0.225. The Bertz CT molecular complexity index is 1180. The summed E-state index contributed by atoms with van der Waals surface area (Å²) in [6.45, 7) is 9.85. The predicted octanol–water partition coefficient (Wildman–Crippen LogP) is 7.04. The van der Waals surface area contributed by atoms with E-state index < -0.39 is 11.2 Å². The molecule has 0 heterocycles.